The van der Waals surface area contributed by atoms with Crippen LogP contribution >= 0.6 is 23.2 Å². The Hall–Kier alpha value is -3.25. The molecule has 1 unspecified atom stereocenters. The number of aryl methyl sites for hydroxylation is 2. The molecule has 0 saturated carbocycles. The molecule has 0 bridgehead atoms. The van der Waals surface area contributed by atoms with E-state index in [1.165, 1.54) is 16.7 Å². The van der Waals surface area contributed by atoms with Crippen LogP contribution in [0.25, 0.3) is 11.1 Å². The van der Waals surface area contributed by atoms with Gasteiger partial charge >= 0.3 is 0 Å². The number of nitrogens with zero attached hydrogens (tertiary/aromatic N) is 1. The number of halogens is 2. The first-order chi connectivity index (χ1) is 17.8. The number of hydrogen-bond acceptors (Lipinski definition) is 5. The highest BCUT2D eigenvalue weighted by molar-refractivity contribution is 6.37. The highest BCUT2D eigenvalue weighted by atomic mass is 35.5. The Morgan fingerprint density at radius 1 is 0.838 bits per heavy atom. The van der Waals surface area contributed by atoms with Crippen molar-refractivity contribution in [3.63, 3.8) is 0 Å². The lowest BCUT2D eigenvalue weighted by molar-refractivity contribution is 0.217. The lowest BCUT2D eigenvalue weighted by Crippen LogP contribution is -2.16. The summed E-state index contributed by atoms with van der Waals surface area (Å²) in [6, 6.07) is 22.1. The van der Waals surface area contributed by atoms with Crippen LogP contribution < -0.4 is 20.9 Å². The third kappa shape index (κ3) is 6.95. The third-order valence-electron chi connectivity index (χ3n) is 6.26. The number of aromatic nitrogens is 1. The maximum atomic E-state index is 6.23. The van der Waals surface area contributed by atoms with E-state index >= 15 is 0 Å². The molecule has 0 saturated heterocycles. The molecule has 7 heteroatoms. The van der Waals surface area contributed by atoms with Gasteiger partial charge in [0.2, 0.25) is 0 Å². The largest absolute Gasteiger partial charge is 0.490 e. The van der Waals surface area contributed by atoms with Gasteiger partial charge < -0.3 is 20.9 Å². The Labute approximate surface area is 228 Å². The van der Waals surface area contributed by atoms with Crippen LogP contribution in [0.2, 0.25) is 10.0 Å². The minimum absolute atomic E-state index is 0.209. The first-order valence-electron chi connectivity index (χ1n) is 12.2. The number of ether oxygens (including phenoxy) is 2. The molecule has 0 spiro atoms. The maximum Gasteiger partial charge on any atom is 0.156 e. The van der Waals surface area contributed by atoms with Gasteiger partial charge in [0, 0.05) is 12.1 Å². The van der Waals surface area contributed by atoms with Gasteiger partial charge in [-0.1, -0.05) is 53.5 Å². The van der Waals surface area contributed by atoms with Crippen LogP contribution in [0.1, 0.15) is 28.2 Å². The number of nitrogens with two attached hydrogens (primary N) is 2. The van der Waals surface area contributed by atoms with Crippen LogP contribution in [0, 0.1) is 13.8 Å². The molecule has 3 aromatic carbocycles. The Kier molecular flexibility index (Phi) is 8.93. The van der Waals surface area contributed by atoms with Gasteiger partial charge in [-0.05, 0) is 96.6 Å². The third-order valence-corrected chi connectivity index (χ3v) is 6.82. The Morgan fingerprint density at radius 2 is 1.51 bits per heavy atom. The number of nitrogen functional groups attached to an aromatic ring is 1. The topological polar surface area (TPSA) is 83.4 Å². The quantitative estimate of drug-likeness (QED) is 0.213. The molecule has 1 atom stereocenters. The fourth-order valence-electron chi connectivity index (χ4n) is 4.40. The van der Waals surface area contributed by atoms with E-state index in [4.69, 9.17) is 44.1 Å². The normalized spacial score (nSPS) is 11.8. The molecule has 5 nitrogen and oxygen atoms in total. The Bertz CT molecular complexity index is 1340. The van der Waals surface area contributed by atoms with Crippen LogP contribution in [-0.2, 0) is 6.42 Å². The average Bonchev–Trinajstić information content (AvgIpc) is 2.87. The van der Waals surface area contributed by atoms with E-state index in [2.05, 4.69) is 42.2 Å². The van der Waals surface area contributed by atoms with Crippen molar-refractivity contribution in [1.29, 1.82) is 0 Å². The second-order valence-corrected chi connectivity index (χ2v) is 9.89. The molecule has 192 valence electrons. The molecule has 0 fully saturated rings. The summed E-state index contributed by atoms with van der Waals surface area (Å²) in [5.41, 5.74) is 18.9. The summed E-state index contributed by atoms with van der Waals surface area (Å²) in [5, 5.41) is 0.992. The minimum atomic E-state index is 0.209. The van der Waals surface area contributed by atoms with Crippen LogP contribution in [0.15, 0.2) is 72.9 Å². The molecule has 1 heterocycles. The van der Waals surface area contributed by atoms with Gasteiger partial charge in [-0.15, -0.1) is 0 Å². The van der Waals surface area contributed by atoms with Crippen LogP contribution in [0.3, 0.4) is 0 Å². The molecule has 37 heavy (non-hydrogen) atoms. The number of pyridine rings is 1. The zero-order chi connectivity index (χ0) is 26.4. The monoisotopic (exact) mass is 535 g/mol. The molecule has 0 amide bonds. The van der Waals surface area contributed by atoms with E-state index in [0.717, 1.165) is 28.9 Å². The summed E-state index contributed by atoms with van der Waals surface area (Å²) in [6.45, 7) is 5.33. The van der Waals surface area contributed by atoms with Crippen molar-refractivity contribution >= 4 is 29.0 Å². The van der Waals surface area contributed by atoms with Crippen molar-refractivity contribution in [1.82, 2.24) is 4.98 Å². The van der Waals surface area contributed by atoms with E-state index in [-0.39, 0.29) is 5.92 Å². The lowest BCUT2D eigenvalue weighted by atomic mass is 9.87. The zero-order valence-electron chi connectivity index (χ0n) is 21.0. The van der Waals surface area contributed by atoms with Gasteiger partial charge in [0.15, 0.2) is 5.75 Å². The summed E-state index contributed by atoms with van der Waals surface area (Å²) in [5.74, 6) is 1.98. The standard InChI is InChI=1S/C30H31Cl2N3O2/c1-19-13-27(31)30(28(32)14-19)37-12-11-36-25-6-3-21(4-7-25)16-24(18-33)26-8-5-22(15-20(26)2)23-9-10-35-29(34)17-23/h3-10,13-15,17,24H,11-12,16,18,33H2,1-2H3,(H2,34,35). The molecule has 4 N–H and O–H groups in total. The van der Waals surface area contributed by atoms with Gasteiger partial charge in [0.1, 0.15) is 24.8 Å². The Balaban J connectivity index is 1.34. The molecule has 0 radical (unpaired) electrons. The first kappa shape index (κ1) is 26.8. The van der Waals surface area contributed by atoms with Crippen molar-refractivity contribution < 1.29 is 9.47 Å². The van der Waals surface area contributed by atoms with E-state index in [1.54, 1.807) is 6.20 Å². The van der Waals surface area contributed by atoms with Crippen LogP contribution in [0.4, 0.5) is 5.82 Å². The van der Waals surface area contributed by atoms with E-state index < -0.39 is 0 Å². The van der Waals surface area contributed by atoms with Gasteiger partial charge in [0.05, 0.1) is 10.0 Å². The summed E-state index contributed by atoms with van der Waals surface area (Å²) in [4.78, 5) is 4.08. The van der Waals surface area contributed by atoms with Crippen molar-refractivity contribution in [3.05, 3.63) is 105 Å². The first-order valence-corrected chi connectivity index (χ1v) is 12.9. The minimum Gasteiger partial charge on any atom is -0.490 e. The smallest absolute Gasteiger partial charge is 0.156 e. The second-order valence-electron chi connectivity index (χ2n) is 9.08. The summed E-state index contributed by atoms with van der Waals surface area (Å²) in [7, 11) is 0. The van der Waals surface area contributed by atoms with Crippen LogP contribution in [-0.4, -0.2) is 24.7 Å². The fraction of sp³-hybridized carbons (Fsp3) is 0.233. The Morgan fingerprint density at radius 3 is 2.16 bits per heavy atom. The van der Waals surface area contributed by atoms with Gasteiger partial charge in [-0.25, -0.2) is 4.98 Å². The molecule has 0 aliphatic rings. The van der Waals surface area contributed by atoms with E-state index in [1.807, 2.05) is 43.3 Å². The van der Waals surface area contributed by atoms with Crippen molar-refractivity contribution in [3.8, 4) is 22.6 Å². The van der Waals surface area contributed by atoms with Crippen LogP contribution in [0.5, 0.6) is 11.5 Å². The molecular weight excluding hydrogens is 505 g/mol. The number of anilines is 1. The van der Waals surface area contributed by atoms with E-state index in [0.29, 0.717) is 41.4 Å². The van der Waals surface area contributed by atoms with Gasteiger partial charge in [-0.3, -0.25) is 0 Å². The number of benzene rings is 3. The lowest BCUT2D eigenvalue weighted by Gasteiger charge is -2.19. The summed E-state index contributed by atoms with van der Waals surface area (Å²) >= 11 is 12.5. The maximum absolute atomic E-state index is 6.23. The van der Waals surface area contributed by atoms with E-state index in [9.17, 15) is 0 Å². The molecule has 0 aliphatic carbocycles. The highest BCUT2D eigenvalue weighted by Gasteiger charge is 2.15. The predicted molar refractivity (Wildman–Crippen MR) is 153 cm³/mol. The highest BCUT2D eigenvalue weighted by Crippen LogP contribution is 2.34. The van der Waals surface area contributed by atoms with Gasteiger partial charge in [-0.2, -0.15) is 0 Å². The number of rotatable bonds is 10. The van der Waals surface area contributed by atoms with Crippen molar-refractivity contribution in [2.24, 2.45) is 5.73 Å². The van der Waals surface area contributed by atoms with Crippen molar-refractivity contribution in [2.75, 3.05) is 25.5 Å². The number of hydrogen-bond donors (Lipinski definition) is 2. The summed E-state index contributed by atoms with van der Waals surface area (Å²) < 4.78 is 11.6. The SMILES string of the molecule is Cc1cc(Cl)c(OCCOc2ccc(CC(CN)c3ccc(-c4ccnc(N)c4)cc3C)cc2)c(Cl)c1. The zero-order valence-corrected chi connectivity index (χ0v) is 22.5. The summed E-state index contributed by atoms with van der Waals surface area (Å²) in [6.07, 6.45) is 2.57. The molecule has 4 aromatic rings. The molecule has 4 rings (SSSR count). The average molecular weight is 537 g/mol. The molecule has 1 aromatic heterocycles. The molecule has 0 aliphatic heterocycles. The predicted octanol–water partition coefficient (Wildman–Crippen LogP) is 7.00. The fourth-order valence-corrected chi connectivity index (χ4v) is 5.10. The molecular formula is C30H31Cl2N3O2. The second kappa shape index (κ2) is 12.3. The van der Waals surface area contributed by atoms with Crippen molar-refractivity contribution in [2.45, 2.75) is 26.2 Å². The van der Waals surface area contributed by atoms with Gasteiger partial charge in [0.25, 0.3) is 0 Å².